The third kappa shape index (κ3) is 3.55. The van der Waals surface area contributed by atoms with E-state index in [4.69, 9.17) is 4.98 Å². The lowest BCUT2D eigenvalue weighted by atomic mass is 10.0. The third-order valence-electron chi connectivity index (χ3n) is 4.65. The molecule has 0 aliphatic carbocycles. The van der Waals surface area contributed by atoms with Crippen LogP contribution in [0, 0.1) is 0 Å². The summed E-state index contributed by atoms with van der Waals surface area (Å²) >= 11 is 1.55. The monoisotopic (exact) mass is 390 g/mol. The van der Waals surface area contributed by atoms with Crippen LogP contribution in [0.2, 0.25) is 0 Å². The number of rotatable bonds is 5. The number of anilines is 1. The van der Waals surface area contributed by atoms with Crippen molar-refractivity contribution >= 4 is 32.6 Å². The first kappa shape index (κ1) is 18.4. The summed E-state index contributed by atoms with van der Waals surface area (Å²) < 4.78 is 2.73. The number of thiazole rings is 1. The lowest BCUT2D eigenvalue weighted by Gasteiger charge is -2.19. The maximum atomic E-state index is 13.3. The topological polar surface area (TPSA) is 51.0 Å². The van der Waals surface area contributed by atoms with Crippen LogP contribution in [-0.2, 0) is 13.6 Å². The molecular weight excluding hydrogens is 368 g/mol. The van der Waals surface area contributed by atoms with E-state index in [9.17, 15) is 4.79 Å². The molecule has 0 aliphatic rings. The molecule has 2 aromatic heterocycles. The summed E-state index contributed by atoms with van der Waals surface area (Å²) in [4.78, 5) is 19.9. The fourth-order valence-electron chi connectivity index (χ4n) is 3.20. The van der Waals surface area contributed by atoms with E-state index in [0.717, 1.165) is 15.8 Å². The van der Waals surface area contributed by atoms with Crippen molar-refractivity contribution in [2.24, 2.45) is 7.05 Å². The zero-order valence-electron chi connectivity index (χ0n) is 16.2. The van der Waals surface area contributed by atoms with Crippen LogP contribution in [0.15, 0.2) is 60.8 Å². The molecule has 0 aliphatic heterocycles. The van der Waals surface area contributed by atoms with E-state index in [1.165, 1.54) is 5.56 Å². The second kappa shape index (κ2) is 7.56. The van der Waals surface area contributed by atoms with Gasteiger partial charge in [0.15, 0.2) is 10.8 Å². The van der Waals surface area contributed by atoms with Gasteiger partial charge in [-0.25, -0.2) is 4.98 Å². The molecule has 4 aromatic rings. The number of fused-ring (bicyclic) bond motifs is 1. The van der Waals surface area contributed by atoms with E-state index in [2.05, 4.69) is 37.1 Å². The first-order valence-electron chi connectivity index (χ1n) is 9.28. The predicted octanol–water partition coefficient (Wildman–Crippen LogP) is 5.00. The van der Waals surface area contributed by atoms with Gasteiger partial charge >= 0.3 is 0 Å². The Morgan fingerprint density at radius 1 is 1.11 bits per heavy atom. The number of hydrogen-bond acceptors (Lipinski definition) is 4. The quantitative estimate of drug-likeness (QED) is 0.482. The van der Waals surface area contributed by atoms with Crippen LogP contribution < -0.4 is 4.90 Å². The maximum absolute atomic E-state index is 13.3. The molecule has 0 fully saturated rings. The number of carbonyl (C=O) groups is 1. The van der Waals surface area contributed by atoms with Crippen molar-refractivity contribution in [3.63, 3.8) is 0 Å². The highest BCUT2D eigenvalue weighted by Crippen LogP contribution is 2.34. The van der Waals surface area contributed by atoms with Gasteiger partial charge in [-0.05, 0) is 29.2 Å². The highest BCUT2D eigenvalue weighted by molar-refractivity contribution is 7.22. The van der Waals surface area contributed by atoms with Gasteiger partial charge in [0.25, 0.3) is 5.91 Å². The molecular formula is C22H22N4OS. The largest absolute Gasteiger partial charge is 0.280 e. The molecule has 0 saturated heterocycles. The van der Waals surface area contributed by atoms with Crippen molar-refractivity contribution in [1.29, 1.82) is 0 Å². The Labute approximate surface area is 168 Å². The number of nitrogens with zero attached hydrogens (tertiary/aromatic N) is 4. The van der Waals surface area contributed by atoms with E-state index < -0.39 is 0 Å². The van der Waals surface area contributed by atoms with Crippen LogP contribution in [0.4, 0.5) is 5.13 Å². The minimum atomic E-state index is -0.144. The van der Waals surface area contributed by atoms with Crippen LogP contribution in [0.5, 0.6) is 0 Å². The summed E-state index contributed by atoms with van der Waals surface area (Å²) in [5, 5.41) is 5.00. The summed E-state index contributed by atoms with van der Waals surface area (Å²) in [6, 6.07) is 17.9. The Morgan fingerprint density at radius 3 is 2.57 bits per heavy atom. The molecule has 0 atom stereocenters. The van der Waals surface area contributed by atoms with Gasteiger partial charge in [0.05, 0.1) is 16.8 Å². The van der Waals surface area contributed by atoms with Crippen LogP contribution in [0.3, 0.4) is 0 Å². The fourth-order valence-corrected chi connectivity index (χ4v) is 4.20. The standard InChI is InChI=1S/C22H22N4OS/c1-15(2)17-10-7-11-19-20(17)23-22(28-19)26(14-16-8-5-4-6-9-16)21(27)18-12-13-25(3)24-18/h4-13,15H,14H2,1-3H3. The Kier molecular flexibility index (Phi) is 4.96. The Bertz CT molecular complexity index is 1110. The molecule has 142 valence electrons. The molecule has 2 heterocycles. The van der Waals surface area contributed by atoms with Crippen LogP contribution in [0.25, 0.3) is 10.2 Å². The second-order valence-corrected chi connectivity index (χ2v) is 8.11. The number of para-hydroxylation sites is 1. The zero-order chi connectivity index (χ0) is 19.7. The van der Waals surface area contributed by atoms with Crippen LogP contribution in [0.1, 0.15) is 41.4 Å². The average Bonchev–Trinajstić information content (AvgIpc) is 3.32. The molecule has 6 heteroatoms. The average molecular weight is 391 g/mol. The number of aromatic nitrogens is 3. The first-order chi connectivity index (χ1) is 13.5. The Hall–Kier alpha value is -2.99. The van der Waals surface area contributed by atoms with E-state index in [1.807, 2.05) is 37.4 Å². The van der Waals surface area contributed by atoms with Crippen LogP contribution >= 0.6 is 11.3 Å². The fraction of sp³-hybridized carbons (Fsp3) is 0.227. The molecule has 5 nitrogen and oxygen atoms in total. The minimum Gasteiger partial charge on any atom is -0.278 e. The van der Waals surface area contributed by atoms with Crippen LogP contribution in [-0.4, -0.2) is 20.7 Å². The molecule has 0 unspecified atom stereocenters. The Morgan fingerprint density at radius 2 is 1.89 bits per heavy atom. The van der Waals surface area contributed by atoms with E-state index in [1.54, 1.807) is 33.2 Å². The predicted molar refractivity (Wildman–Crippen MR) is 114 cm³/mol. The number of amides is 1. The molecule has 0 bridgehead atoms. The van der Waals surface area contributed by atoms with Gasteiger partial charge in [-0.2, -0.15) is 5.10 Å². The van der Waals surface area contributed by atoms with Gasteiger partial charge in [-0.3, -0.25) is 14.4 Å². The molecule has 28 heavy (non-hydrogen) atoms. The highest BCUT2D eigenvalue weighted by atomic mass is 32.1. The molecule has 0 spiro atoms. The maximum Gasteiger partial charge on any atom is 0.280 e. The minimum absolute atomic E-state index is 0.144. The summed E-state index contributed by atoms with van der Waals surface area (Å²) in [6.45, 7) is 4.77. The number of aryl methyl sites for hydroxylation is 1. The lowest BCUT2D eigenvalue weighted by molar-refractivity contribution is 0.0979. The molecule has 1 amide bonds. The summed E-state index contributed by atoms with van der Waals surface area (Å²) in [6.07, 6.45) is 1.78. The van der Waals surface area contributed by atoms with Gasteiger partial charge in [-0.15, -0.1) is 0 Å². The smallest absolute Gasteiger partial charge is 0.278 e. The number of carbonyl (C=O) groups excluding carboxylic acids is 1. The normalized spacial score (nSPS) is 11.3. The van der Waals surface area contributed by atoms with E-state index >= 15 is 0 Å². The van der Waals surface area contributed by atoms with Crippen molar-refractivity contribution in [2.45, 2.75) is 26.3 Å². The van der Waals surface area contributed by atoms with Gasteiger partial charge in [0, 0.05) is 13.2 Å². The molecule has 0 saturated carbocycles. The van der Waals surface area contributed by atoms with Crippen molar-refractivity contribution in [3.05, 3.63) is 77.6 Å². The van der Waals surface area contributed by atoms with Gasteiger partial charge < -0.3 is 0 Å². The molecule has 4 rings (SSSR count). The number of benzene rings is 2. The lowest BCUT2D eigenvalue weighted by Crippen LogP contribution is -2.30. The van der Waals surface area contributed by atoms with E-state index in [-0.39, 0.29) is 5.91 Å². The van der Waals surface area contributed by atoms with Crippen molar-refractivity contribution in [2.75, 3.05) is 4.90 Å². The van der Waals surface area contributed by atoms with Gasteiger partial charge in [0.1, 0.15) is 0 Å². The first-order valence-corrected chi connectivity index (χ1v) is 10.1. The zero-order valence-corrected chi connectivity index (χ0v) is 17.0. The molecule has 2 aromatic carbocycles. The number of hydrogen-bond donors (Lipinski definition) is 0. The summed E-state index contributed by atoms with van der Waals surface area (Å²) in [5.41, 5.74) is 3.64. The third-order valence-corrected chi connectivity index (χ3v) is 5.70. The van der Waals surface area contributed by atoms with E-state index in [0.29, 0.717) is 23.3 Å². The Balaban J connectivity index is 1.79. The summed E-state index contributed by atoms with van der Waals surface area (Å²) in [7, 11) is 1.81. The van der Waals surface area contributed by atoms with Crippen molar-refractivity contribution in [1.82, 2.24) is 14.8 Å². The SMILES string of the molecule is CC(C)c1cccc2sc(N(Cc3ccccc3)C(=O)c3ccn(C)n3)nc12. The van der Waals surface area contributed by atoms with Gasteiger partial charge in [-0.1, -0.05) is 67.6 Å². The molecule has 0 radical (unpaired) electrons. The second-order valence-electron chi connectivity index (χ2n) is 7.10. The van der Waals surface area contributed by atoms with Gasteiger partial charge in [0.2, 0.25) is 0 Å². The molecule has 0 N–H and O–H groups in total. The summed E-state index contributed by atoms with van der Waals surface area (Å²) in [5.74, 6) is 0.224. The van der Waals surface area contributed by atoms with Crippen molar-refractivity contribution in [3.8, 4) is 0 Å². The highest BCUT2D eigenvalue weighted by Gasteiger charge is 2.24. The van der Waals surface area contributed by atoms with Crippen molar-refractivity contribution < 1.29 is 4.79 Å².